The fourth-order valence-corrected chi connectivity index (χ4v) is 2.06. The molecule has 6 heteroatoms. The summed E-state index contributed by atoms with van der Waals surface area (Å²) in [6.45, 7) is 1.95. The molecule has 6 nitrogen and oxygen atoms in total. The number of hydrogen-bond donors (Lipinski definition) is 0. The van der Waals surface area contributed by atoms with Crippen LogP contribution in [0.25, 0.3) is 0 Å². The summed E-state index contributed by atoms with van der Waals surface area (Å²) in [7, 11) is 0. The van der Waals surface area contributed by atoms with Crippen molar-refractivity contribution in [3.05, 3.63) is 46.8 Å². The van der Waals surface area contributed by atoms with Crippen molar-refractivity contribution < 1.29 is 14.3 Å². The Labute approximate surface area is 115 Å². The maximum atomic E-state index is 11.9. The first-order valence-corrected chi connectivity index (χ1v) is 6.41. The summed E-state index contributed by atoms with van der Waals surface area (Å²) >= 11 is 0. The van der Waals surface area contributed by atoms with E-state index in [1.807, 2.05) is 19.1 Å². The quantitative estimate of drug-likeness (QED) is 0.618. The number of nitrogens with zero attached hydrogens (tertiary/aromatic N) is 3. The zero-order valence-corrected chi connectivity index (χ0v) is 11.0. The van der Waals surface area contributed by atoms with E-state index in [1.165, 1.54) is 0 Å². The van der Waals surface area contributed by atoms with Crippen molar-refractivity contribution in [1.82, 2.24) is 10.3 Å². The molecule has 1 aliphatic carbocycles. The van der Waals surface area contributed by atoms with E-state index >= 15 is 0 Å². The normalized spacial score (nSPS) is 15.9. The molecule has 20 heavy (non-hydrogen) atoms. The second kappa shape index (κ2) is 5.24. The minimum absolute atomic E-state index is 0.467. The van der Waals surface area contributed by atoms with Crippen LogP contribution in [0.5, 0.6) is 0 Å². The van der Waals surface area contributed by atoms with Gasteiger partial charge >= 0.3 is 5.97 Å². The zero-order chi connectivity index (χ0) is 13.9. The van der Waals surface area contributed by atoms with Gasteiger partial charge in [0.1, 0.15) is 11.4 Å². The second-order valence-electron chi connectivity index (χ2n) is 4.70. The maximum Gasteiger partial charge on any atom is 0.365 e. The number of carbonyl (C=O) groups excluding carboxylic acids is 1. The average molecular weight is 271 g/mol. The molecular weight excluding hydrogens is 258 g/mol. The molecule has 1 aromatic heterocycles. The lowest BCUT2D eigenvalue weighted by molar-refractivity contribution is 0.0515. The first-order valence-electron chi connectivity index (χ1n) is 6.41. The van der Waals surface area contributed by atoms with Gasteiger partial charge in [-0.2, -0.15) is 0 Å². The molecule has 0 atom stereocenters. The molecule has 0 aliphatic heterocycles. The van der Waals surface area contributed by atoms with E-state index in [0.29, 0.717) is 23.4 Å². The van der Waals surface area contributed by atoms with Gasteiger partial charge < -0.3 is 4.84 Å². The third-order valence-corrected chi connectivity index (χ3v) is 3.18. The number of hydrogen-bond acceptors (Lipinski definition) is 6. The molecule has 0 amide bonds. The van der Waals surface area contributed by atoms with E-state index in [4.69, 9.17) is 4.84 Å². The van der Waals surface area contributed by atoms with Crippen LogP contribution in [0.4, 0.5) is 0 Å². The van der Waals surface area contributed by atoms with Crippen molar-refractivity contribution in [1.29, 1.82) is 0 Å². The number of fused-ring (bicyclic) bond motifs is 1. The number of carbonyl (C=O) groups is 1. The van der Waals surface area contributed by atoms with Crippen molar-refractivity contribution in [2.24, 2.45) is 5.16 Å². The Bertz CT molecular complexity index is 659. The number of rotatable bonds is 2. The highest BCUT2D eigenvalue weighted by Crippen LogP contribution is 2.18. The van der Waals surface area contributed by atoms with E-state index < -0.39 is 5.97 Å². The lowest BCUT2D eigenvalue weighted by atomic mass is 9.99. The summed E-state index contributed by atoms with van der Waals surface area (Å²) < 4.78 is 4.68. The molecule has 0 saturated carbocycles. The van der Waals surface area contributed by atoms with Gasteiger partial charge in [0.25, 0.3) is 0 Å². The smallest absolute Gasteiger partial charge is 0.312 e. The molecule has 1 heterocycles. The minimum Gasteiger partial charge on any atom is -0.312 e. The van der Waals surface area contributed by atoms with Crippen LogP contribution in [0, 0.1) is 6.92 Å². The minimum atomic E-state index is -0.485. The molecule has 0 bridgehead atoms. The molecular formula is C14H13N3O3. The van der Waals surface area contributed by atoms with Crippen LogP contribution >= 0.6 is 0 Å². The molecule has 0 spiro atoms. The predicted octanol–water partition coefficient (Wildman–Crippen LogP) is 2.28. The molecule has 2 aromatic rings. The average Bonchev–Trinajstić information content (AvgIpc) is 2.94. The molecule has 102 valence electrons. The highest BCUT2D eigenvalue weighted by Gasteiger charge is 2.22. The van der Waals surface area contributed by atoms with Crippen LogP contribution in [0.2, 0.25) is 0 Å². The number of oxime groups is 1. The number of aryl methyl sites for hydroxylation is 2. The van der Waals surface area contributed by atoms with E-state index in [2.05, 4.69) is 20.1 Å². The third-order valence-electron chi connectivity index (χ3n) is 3.18. The van der Waals surface area contributed by atoms with Gasteiger partial charge in [0.2, 0.25) is 0 Å². The SMILES string of the molecule is Cc1ccc(C(=O)ON=C2CCCc3nonc32)cc1. The Hall–Kier alpha value is -2.50. The van der Waals surface area contributed by atoms with Crippen LogP contribution in [-0.4, -0.2) is 22.0 Å². The van der Waals surface area contributed by atoms with E-state index in [0.717, 1.165) is 24.1 Å². The van der Waals surface area contributed by atoms with Crippen LogP contribution in [0.15, 0.2) is 34.1 Å². The van der Waals surface area contributed by atoms with Crippen molar-refractivity contribution in [3.8, 4) is 0 Å². The van der Waals surface area contributed by atoms with Crippen molar-refractivity contribution in [3.63, 3.8) is 0 Å². The molecule has 1 aromatic carbocycles. The molecule has 0 unspecified atom stereocenters. The lowest BCUT2D eigenvalue weighted by Crippen LogP contribution is -2.13. The van der Waals surface area contributed by atoms with Gasteiger partial charge in [-0.05, 0) is 43.5 Å². The van der Waals surface area contributed by atoms with Crippen LogP contribution < -0.4 is 0 Å². The molecule has 0 radical (unpaired) electrons. The second-order valence-corrected chi connectivity index (χ2v) is 4.70. The van der Waals surface area contributed by atoms with Crippen molar-refractivity contribution >= 4 is 11.7 Å². The first kappa shape index (κ1) is 12.5. The predicted molar refractivity (Wildman–Crippen MR) is 70.4 cm³/mol. The summed E-state index contributed by atoms with van der Waals surface area (Å²) in [4.78, 5) is 16.8. The third kappa shape index (κ3) is 2.45. The summed E-state index contributed by atoms with van der Waals surface area (Å²) in [6, 6.07) is 7.12. The van der Waals surface area contributed by atoms with Gasteiger partial charge in [0.05, 0.1) is 5.56 Å². The van der Waals surface area contributed by atoms with Gasteiger partial charge in [-0.1, -0.05) is 28.0 Å². The van der Waals surface area contributed by atoms with Gasteiger partial charge in [-0.25, -0.2) is 9.42 Å². The highest BCUT2D eigenvalue weighted by molar-refractivity contribution is 6.00. The van der Waals surface area contributed by atoms with Gasteiger partial charge in [0, 0.05) is 0 Å². The largest absolute Gasteiger partial charge is 0.365 e. The summed E-state index contributed by atoms with van der Waals surface area (Å²) in [5, 5.41) is 11.5. The van der Waals surface area contributed by atoms with E-state index in [9.17, 15) is 4.79 Å². The summed E-state index contributed by atoms with van der Waals surface area (Å²) in [6.07, 6.45) is 2.40. The highest BCUT2D eigenvalue weighted by atomic mass is 16.7. The van der Waals surface area contributed by atoms with Crippen LogP contribution in [0.1, 0.15) is 40.2 Å². The Balaban J connectivity index is 1.75. The number of aromatic nitrogens is 2. The van der Waals surface area contributed by atoms with E-state index in [-0.39, 0.29) is 0 Å². The standard InChI is InChI=1S/C14H13N3O3/c1-9-5-7-10(8-6-9)14(18)19-15-11-3-2-4-12-13(11)17-20-16-12/h5-8H,2-4H2,1H3. The Morgan fingerprint density at radius 1 is 1.25 bits per heavy atom. The Morgan fingerprint density at radius 3 is 2.85 bits per heavy atom. The summed E-state index contributed by atoms with van der Waals surface area (Å²) in [5.41, 5.74) is 3.51. The van der Waals surface area contributed by atoms with Crippen LogP contribution in [0.3, 0.4) is 0 Å². The Kier molecular flexibility index (Phi) is 3.28. The zero-order valence-electron chi connectivity index (χ0n) is 11.0. The fourth-order valence-electron chi connectivity index (χ4n) is 2.06. The molecule has 1 aliphatic rings. The van der Waals surface area contributed by atoms with Gasteiger partial charge in [-0.15, -0.1) is 0 Å². The topological polar surface area (TPSA) is 77.6 Å². The first-order chi connectivity index (χ1) is 9.74. The lowest BCUT2D eigenvalue weighted by Gasteiger charge is -2.08. The van der Waals surface area contributed by atoms with Crippen LogP contribution in [-0.2, 0) is 11.3 Å². The van der Waals surface area contributed by atoms with Gasteiger partial charge in [-0.3, -0.25) is 0 Å². The molecule has 0 saturated heterocycles. The molecule has 3 rings (SSSR count). The number of benzene rings is 1. The van der Waals surface area contributed by atoms with Gasteiger partial charge in [0.15, 0.2) is 5.69 Å². The maximum absolute atomic E-state index is 11.9. The monoisotopic (exact) mass is 271 g/mol. The Morgan fingerprint density at radius 2 is 2.05 bits per heavy atom. The van der Waals surface area contributed by atoms with Crippen molar-refractivity contribution in [2.45, 2.75) is 26.2 Å². The molecule has 0 N–H and O–H groups in total. The van der Waals surface area contributed by atoms with E-state index in [1.54, 1.807) is 12.1 Å². The fraction of sp³-hybridized carbons (Fsp3) is 0.286. The molecule has 0 fully saturated rings. The summed E-state index contributed by atoms with van der Waals surface area (Å²) in [5.74, 6) is -0.485. The van der Waals surface area contributed by atoms with Crippen molar-refractivity contribution in [2.75, 3.05) is 0 Å².